The molecule has 0 unspecified atom stereocenters. The van der Waals surface area contributed by atoms with Crippen molar-refractivity contribution in [1.29, 1.82) is 0 Å². The van der Waals surface area contributed by atoms with Gasteiger partial charge in [0.2, 0.25) is 5.95 Å². The molecule has 6 nitrogen and oxygen atoms in total. The zero-order chi connectivity index (χ0) is 14.7. The van der Waals surface area contributed by atoms with E-state index in [2.05, 4.69) is 19.8 Å². The van der Waals surface area contributed by atoms with Crippen molar-refractivity contribution in [3.05, 3.63) is 12.3 Å². The Morgan fingerprint density at radius 2 is 1.81 bits per heavy atom. The smallest absolute Gasteiger partial charge is 0.306 e. The molecular weight excluding hydrogens is 268 g/mol. The zero-order valence-corrected chi connectivity index (χ0v) is 12.2. The quantitative estimate of drug-likeness (QED) is 0.915. The van der Waals surface area contributed by atoms with Crippen molar-refractivity contribution < 1.29 is 9.90 Å². The standard InChI is InChI=1S/C15H22N4O2/c20-14(21)12-5-10-18(11-6-12)13-4-7-16-15(17-13)19-8-2-1-3-9-19/h4,7,12H,1-3,5-6,8-11H2,(H,20,21). The van der Waals surface area contributed by atoms with E-state index in [1.54, 1.807) is 0 Å². The molecule has 2 saturated heterocycles. The highest BCUT2D eigenvalue weighted by molar-refractivity contribution is 5.70. The molecule has 3 rings (SSSR count). The van der Waals surface area contributed by atoms with Crippen LogP contribution in [-0.4, -0.2) is 47.2 Å². The molecule has 2 aliphatic rings. The maximum absolute atomic E-state index is 11.0. The fourth-order valence-electron chi connectivity index (χ4n) is 3.12. The SMILES string of the molecule is O=C(O)C1CCN(c2ccnc(N3CCCCC3)n2)CC1. The first kappa shape index (κ1) is 14.1. The number of carboxylic acids is 1. The van der Waals surface area contributed by atoms with E-state index < -0.39 is 5.97 Å². The van der Waals surface area contributed by atoms with E-state index in [0.717, 1.165) is 37.9 Å². The molecule has 0 spiro atoms. The van der Waals surface area contributed by atoms with Gasteiger partial charge in [0.15, 0.2) is 0 Å². The second-order valence-corrected chi connectivity index (χ2v) is 5.86. The first-order valence-corrected chi connectivity index (χ1v) is 7.80. The zero-order valence-electron chi connectivity index (χ0n) is 12.2. The van der Waals surface area contributed by atoms with E-state index in [1.165, 1.54) is 19.3 Å². The monoisotopic (exact) mass is 290 g/mol. The van der Waals surface area contributed by atoms with Gasteiger partial charge in [-0.3, -0.25) is 4.79 Å². The first-order valence-electron chi connectivity index (χ1n) is 7.80. The Morgan fingerprint density at radius 3 is 2.48 bits per heavy atom. The van der Waals surface area contributed by atoms with Crippen LogP contribution in [0.5, 0.6) is 0 Å². The summed E-state index contributed by atoms with van der Waals surface area (Å²) in [5.74, 6) is 0.859. The molecule has 114 valence electrons. The Bertz CT molecular complexity index is 494. The average Bonchev–Trinajstić information content (AvgIpc) is 2.56. The van der Waals surface area contributed by atoms with Gasteiger partial charge in [0, 0.05) is 32.4 Å². The van der Waals surface area contributed by atoms with Crippen LogP contribution >= 0.6 is 0 Å². The summed E-state index contributed by atoms with van der Waals surface area (Å²) in [5, 5.41) is 9.06. The molecule has 3 heterocycles. The lowest BCUT2D eigenvalue weighted by atomic mass is 9.97. The average molecular weight is 290 g/mol. The van der Waals surface area contributed by atoms with Crippen molar-refractivity contribution in [2.45, 2.75) is 32.1 Å². The maximum Gasteiger partial charge on any atom is 0.306 e. The van der Waals surface area contributed by atoms with Crippen LogP contribution in [0.2, 0.25) is 0 Å². The number of hydrogen-bond donors (Lipinski definition) is 1. The normalized spacial score (nSPS) is 20.6. The third-order valence-electron chi connectivity index (χ3n) is 4.44. The number of aliphatic carboxylic acids is 1. The molecule has 0 aromatic carbocycles. The Labute approximate surface area is 124 Å². The van der Waals surface area contributed by atoms with E-state index >= 15 is 0 Å². The van der Waals surface area contributed by atoms with Crippen LogP contribution in [0.4, 0.5) is 11.8 Å². The molecule has 1 aromatic heterocycles. The molecule has 0 amide bonds. The predicted molar refractivity (Wildman–Crippen MR) is 80.7 cm³/mol. The van der Waals surface area contributed by atoms with Gasteiger partial charge in [-0.2, -0.15) is 4.98 Å². The van der Waals surface area contributed by atoms with Gasteiger partial charge in [0.25, 0.3) is 0 Å². The number of anilines is 2. The third kappa shape index (κ3) is 3.25. The molecule has 1 aromatic rings. The summed E-state index contributed by atoms with van der Waals surface area (Å²) in [6, 6.07) is 1.93. The van der Waals surface area contributed by atoms with Gasteiger partial charge in [-0.25, -0.2) is 4.98 Å². The number of rotatable bonds is 3. The van der Waals surface area contributed by atoms with Crippen LogP contribution in [0.25, 0.3) is 0 Å². The Balaban J connectivity index is 1.67. The van der Waals surface area contributed by atoms with Gasteiger partial charge >= 0.3 is 5.97 Å². The van der Waals surface area contributed by atoms with Crippen LogP contribution < -0.4 is 9.80 Å². The van der Waals surface area contributed by atoms with Gasteiger partial charge in [-0.05, 0) is 38.2 Å². The lowest BCUT2D eigenvalue weighted by Crippen LogP contribution is -2.37. The minimum absolute atomic E-state index is 0.204. The second kappa shape index (κ2) is 6.28. The van der Waals surface area contributed by atoms with Crippen molar-refractivity contribution >= 4 is 17.7 Å². The number of aromatic nitrogens is 2. The number of nitrogens with zero attached hydrogens (tertiary/aromatic N) is 4. The van der Waals surface area contributed by atoms with E-state index in [4.69, 9.17) is 5.11 Å². The molecule has 0 radical (unpaired) electrons. The van der Waals surface area contributed by atoms with Crippen molar-refractivity contribution in [3.63, 3.8) is 0 Å². The van der Waals surface area contributed by atoms with Crippen molar-refractivity contribution in [1.82, 2.24) is 9.97 Å². The molecule has 0 aliphatic carbocycles. The summed E-state index contributed by atoms with van der Waals surface area (Å²) in [6.07, 6.45) is 6.90. The maximum atomic E-state index is 11.0. The summed E-state index contributed by atoms with van der Waals surface area (Å²) in [5.41, 5.74) is 0. The first-order chi connectivity index (χ1) is 10.2. The van der Waals surface area contributed by atoms with Crippen LogP contribution in [0.3, 0.4) is 0 Å². The minimum Gasteiger partial charge on any atom is -0.481 e. The summed E-state index contributed by atoms with van der Waals surface area (Å²) in [4.78, 5) is 24.5. The highest BCUT2D eigenvalue weighted by atomic mass is 16.4. The highest BCUT2D eigenvalue weighted by Crippen LogP contribution is 2.24. The number of carbonyl (C=O) groups is 1. The molecule has 0 saturated carbocycles. The summed E-state index contributed by atoms with van der Waals surface area (Å²) < 4.78 is 0. The molecule has 0 atom stereocenters. The summed E-state index contributed by atoms with van der Waals surface area (Å²) in [7, 11) is 0. The van der Waals surface area contributed by atoms with Crippen molar-refractivity contribution in [2.75, 3.05) is 36.0 Å². The van der Waals surface area contributed by atoms with Gasteiger partial charge < -0.3 is 14.9 Å². The fraction of sp³-hybridized carbons (Fsp3) is 0.667. The minimum atomic E-state index is -0.675. The fourth-order valence-corrected chi connectivity index (χ4v) is 3.12. The van der Waals surface area contributed by atoms with Gasteiger partial charge in [-0.1, -0.05) is 0 Å². The van der Waals surface area contributed by atoms with Crippen LogP contribution in [0, 0.1) is 5.92 Å². The Hall–Kier alpha value is -1.85. The number of piperidine rings is 2. The Morgan fingerprint density at radius 1 is 1.10 bits per heavy atom. The van der Waals surface area contributed by atoms with E-state index in [-0.39, 0.29) is 5.92 Å². The summed E-state index contributed by atoms with van der Waals surface area (Å²) in [6.45, 7) is 3.58. The largest absolute Gasteiger partial charge is 0.481 e. The van der Waals surface area contributed by atoms with Gasteiger partial charge in [0.1, 0.15) is 5.82 Å². The van der Waals surface area contributed by atoms with E-state index in [0.29, 0.717) is 12.8 Å². The molecule has 1 N–H and O–H groups in total. The van der Waals surface area contributed by atoms with Crippen molar-refractivity contribution in [2.24, 2.45) is 5.92 Å². The second-order valence-electron chi connectivity index (χ2n) is 5.86. The number of hydrogen-bond acceptors (Lipinski definition) is 5. The molecule has 21 heavy (non-hydrogen) atoms. The van der Waals surface area contributed by atoms with E-state index in [9.17, 15) is 4.79 Å². The Kier molecular flexibility index (Phi) is 4.22. The highest BCUT2D eigenvalue weighted by Gasteiger charge is 2.25. The lowest BCUT2D eigenvalue weighted by Gasteiger charge is -2.32. The molecule has 2 aliphatic heterocycles. The lowest BCUT2D eigenvalue weighted by molar-refractivity contribution is -0.142. The van der Waals surface area contributed by atoms with Crippen LogP contribution in [-0.2, 0) is 4.79 Å². The van der Waals surface area contributed by atoms with Crippen molar-refractivity contribution in [3.8, 4) is 0 Å². The topological polar surface area (TPSA) is 69.6 Å². The van der Waals surface area contributed by atoms with Gasteiger partial charge in [-0.15, -0.1) is 0 Å². The molecular formula is C15H22N4O2. The van der Waals surface area contributed by atoms with Gasteiger partial charge in [0.05, 0.1) is 5.92 Å². The molecule has 0 bridgehead atoms. The number of carboxylic acid groups (broad SMARTS) is 1. The van der Waals surface area contributed by atoms with Crippen LogP contribution in [0.1, 0.15) is 32.1 Å². The summed E-state index contributed by atoms with van der Waals surface area (Å²) >= 11 is 0. The third-order valence-corrected chi connectivity index (χ3v) is 4.44. The van der Waals surface area contributed by atoms with Crippen LogP contribution in [0.15, 0.2) is 12.3 Å². The molecule has 6 heteroatoms. The molecule has 2 fully saturated rings. The predicted octanol–water partition coefficient (Wildman–Crippen LogP) is 1.77. The van der Waals surface area contributed by atoms with E-state index in [1.807, 2.05) is 12.3 Å².